The van der Waals surface area contributed by atoms with E-state index in [0.717, 1.165) is 18.7 Å². The minimum absolute atomic E-state index is 0.345. The number of H-pyrrole nitrogens is 1. The maximum absolute atomic E-state index is 11.4. The summed E-state index contributed by atoms with van der Waals surface area (Å²) in [5.74, 6) is 0.636. The lowest BCUT2D eigenvalue weighted by molar-refractivity contribution is 0.871. The van der Waals surface area contributed by atoms with Gasteiger partial charge in [-0.2, -0.15) is 9.61 Å². The van der Waals surface area contributed by atoms with Crippen LogP contribution in [0.15, 0.2) is 41.2 Å². The van der Waals surface area contributed by atoms with Crippen molar-refractivity contribution in [3.05, 3.63) is 52.4 Å². The molecule has 0 atom stereocenters. The molecule has 0 fully saturated rings. The number of benzene rings is 1. The number of fused-ring (bicyclic) bond motifs is 1. The van der Waals surface area contributed by atoms with E-state index < -0.39 is 0 Å². The molecule has 0 aliphatic heterocycles. The number of nitrogens with one attached hydrogen (secondary N) is 2. The van der Waals surface area contributed by atoms with E-state index in [2.05, 4.69) is 20.6 Å². The molecule has 0 unspecified atom stereocenters. The zero-order chi connectivity index (χ0) is 13.9. The fourth-order valence-electron chi connectivity index (χ4n) is 1.92. The number of aromatic amines is 1. The molecule has 2 aromatic heterocycles. The Bertz CT molecular complexity index is 773. The highest BCUT2D eigenvalue weighted by atomic mass is 16.2. The molecule has 7 heteroatoms. The second-order valence-electron chi connectivity index (χ2n) is 4.44. The fraction of sp³-hybridized carbons (Fsp3) is 0.154. The number of hydrogen-bond donors (Lipinski definition) is 3. The lowest BCUT2D eigenvalue weighted by Gasteiger charge is -2.05. The standard InChI is InChI=1S/C13H14N6O/c14-10-3-1-9(2-4-10)7-8-15-11-5-6-12-16-17-13(20)19(12)18-11/h1-6H,7-8,14H2,(H,15,18)(H,17,20). The van der Waals surface area contributed by atoms with Crippen LogP contribution >= 0.6 is 0 Å². The van der Waals surface area contributed by atoms with Gasteiger partial charge in [0.05, 0.1) is 0 Å². The predicted octanol–water partition coefficient (Wildman–Crippen LogP) is 0.654. The van der Waals surface area contributed by atoms with Crippen molar-refractivity contribution >= 4 is 17.2 Å². The first kappa shape index (κ1) is 12.2. The molecule has 102 valence electrons. The van der Waals surface area contributed by atoms with Crippen LogP contribution in [0.4, 0.5) is 11.5 Å². The molecule has 0 bridgehead atoms. The van der Waals surface area contributed by atoms with Crippen molar-refractivity contribution in [2.45, 2.75) is 6.42 Å². The van der Waals surface area contributed by atoms with Crippen molar-refractivity contribution in [3.63, 3.8) is 0 Å². The van der Waals surface area contributed by atoms with Gasteiger partial charge in [-0.1, -0.05) is 12.1 Å². The Kier molecular flexibility index (Phi) is 3.08. The molecule has 20 heavy (non-hydrogen) atoms. The molecule has 0 radical (unpaired) electrons. The normalized spacial score (nSPS) is 10.8. The van der Waals surface area contributed by atoms with E-state index in [1.165, 1.54) is 10.1 Å². The van der Waals surface area contributed by atoms with Crippen LogP contribution in [-0.2, 0) is 6.42 Å². The van der Waals surface area contributed by atoms with Gasteiger partial charge in [-0.15, -0.1) is 5.10 Å². The van der Waals surface area contributed by atoms with Crippen LogP contribution in [-0.4, -0.2) is 26.4 Å². The zero-order valence-electron chi connectivity index (χ0n) is 10.7. The second kappa shape index (κ2) is 5.04. The van der Waals surface area contributed by atoms with Crippen molar-refractivity contribution in [2.75, 3.05) is 17.6 Å². The van der Waals surface area contributed by atoms with Gasteiger partial charge in [0.1, 0.15) is 5.82 Å². The van der Waals surface area contributed by atoms with Gasteiger partial charge >= 0.3 is 5.69 Å². The molecule has 4 N–H and O–H groups in total. The first-order valence-corrected chi connectivity index (χ1v) is 6.25. The van der Waals surface area contributed by atoms with Gasteiger partial charge in [0, 0.05) is 12.2 Å². The number of hydrogen-bond acceptors (Lipinski definition) is 5. The quantitative estimate of drug-likeness (QED) is 0.604. The Hall–Kier alpha value is -2.83. The molecule has 0 amide bonds. The smallest absolute Gasteiger partial charge is 0.364 e. The molecule has 1 aromatic carbocycles. The molecule has 0 spiro atoms. The molecule has 7 nitrogen and oxygen atoms in total. The Morgan fingerprint density at radius 2 is 2.00 bits per heavy atom. The lowest BCUT2D eigenvalue weighted by atomic mass is 10.1. The predicted molar refractivity (Wildman–Crippen MR) is 76.7 cm³/mol. The molecule has 3 aromatic rings. The first-order chi connectivity index (χ1) is 9.72. The van der Waals surface area contributed by atoms with Gasteiger partial charge in [0.25, 0.3) is 0 Å². The monoisotopic (exact) mass is 270 g/mol. The molecule has 0 aliphatic rings. The van der Waals surface area contributed by atoms with Crippen LogP contribution in [0.2, 0.25) is 0 Å². The minimum Gasteiger partial charge on any atom is -0.399 e. The topological polar surface area (TPSA) is 101 Å². The van der Waals surface area contributed by atoms with E-state index in [0.29, 0.717) is 11.5 Å². The average molecular weight is 270 g/mol. The average Bonchev–Trinajstić information content (AvgIpc) is 2.83. The van der Waals surface area contributed by atoms with Crippen molar-refractivity contribution in [2.24, 2.45) is 0 Å². The zero-order valence-corrected chi connectivity index (χ0v) is 10.7. The third-order valence-electron chi connectivity index (χ3n) is 2.97. The molecular formula is C13H14N6O. The largest absolute Gasteiger partial charge is 0.399 e. The highest BCUT2D eigenvalue weighted by Gasteiger charge is 2.02. The van der Waals surface area contributed by atoms with E-state index in [-0.39, 0.29) is 5.69 Å². The molecule has 0 aliphatic carbocycles. The molecule has 0 saturated carbocycles. The van der Waals surface area contributed by atoms with Crippen molar-refractivity contribution in [1.82, 2.24) is 19.8 Å². The van der Waals surface area contributed by atoms with Crippen LogP contribution < -0.4 is 16.7 Å². The molecular weight excluding hydrogens is 256 g/mol. The number of anilines is 2. The second-order valence-corrected chi connectivity index (χ2v) is 4.44. The Morgan fingerprint density at radius 3 is 2.80 bits per heavy atom. The maximum atomic E-state index is 11.4. The Labute approximate surface area is 114 Å². The van der Waals surface area contributed by atoms with Gasteiger partial charge in [0.2, 0.25) is 0 Å². The number of nitrogens with zero attached hydrogens (tertiary/aromatic N) is 3. The molecule has 2 heterocycles. The number of rotatable bonds is 4. The summed E-state index contributed by atoms with van der Waals surface area (Å²) >= 11 is 0. The highest BCUT2D eigenvalue weighted by Crippen LogP contribution is 2.07. The number of nitrogen functional groups attached to an aromatic ring is 1. The van der Waals surface area contributed by atoms with Crippen LogP contribution in [0, 0.1) is 0 Å². The summed E-state index contributed by atoms with van der Waals surface area (Å²) in [5, 5.41) is 13.5. The third-order valence-corrected chi connectivity index (χ3v) is 2.97. The van der Waals surface area contributed by atoms with Crippen LogP contribution in [0.1, 0.15) is 5.56 Å². The van der Waals surface area contributed by atoms with Gasteiger partial charge in [-0.3, -0.25) is 0 Å². The van der Waals surface area contributed by atoms with Gasteiger partial charge in [0.15, 0.2) is 5.65 Å². The van der Waals surface area contributed by atoms with Crippen molar-refractivity contribution in [3.8, 4) is 0 Å². The summed E-state index contributed by atoms with van der Waals surface area (Å²) in [6.07, 6.45) is 0.848. The molecule has 0 saturated heterocycles. The van der Waals surface area contributed by atoms with E-state index in [9.17, 15) is 4.79 Å². The fourth-order valence-corrected chi connectivity index (χ4v) is 1.92. The summed E-state index contributed by atoms with van der Waals surface area (Å²) in [5.41, 5.74) is 7.74. The summed E-state index contributed by atoms with van der Waals surface area (Å²) in [7, 11) is 0. The SMILES string of the molecule is Nc1ccc(CCNc2ccc3n[nH]c(=O)n3n2)cc1. The minimum atomic E-state index is -0.345. The highest BCUT2D eigenvalue weighted by molar-refractivity contribution is 5.43. The Morgan fingerprint density at radius 1 is 1.20 bits per heavy atom. The summed E-state index contributed by atoms with van der Waals surface area (Å²) in [6, 6.07) is 11.3. The van der Waals surface area contributed by atoms with Crippen LogP contribution in [0.3, 0.4) is 0 Å². The van der Waals surface area contributed by atoms with Gasteiger partial charge in [-0.25, -0.2) is 9.89 Å². The van der Waals surface area contributed by atoms with E-state index in [1.54, 1.807) is 12.1 Å². The summed E-state index contributed by atoms with van der Waals surface area (Å²) in [6.45, 7) is 0.717. The third kappa shape index (κ3) is 2.46. The van der Waals surface area contributed by atoms with E-state index >= 15 is 0 Å². The maximum Gasteiger partial charge on any atom is 0.364 e. The number of aromatic nitrogens is 4. The summed E-state index contributed by atoms with van der Waals surface area (Å²) in [4.78, 5) is 11.4. The van der Waals surface area contributed by atoms with Crippen molar-refractivity contribution in [1.29, 1.82) is 0 Å². The van der Waals surface area contributed by atoms with Gasteiger partial charge in [-0.05, 0) is 36.2 Å². The number of nitrogens with two attached hydrogens (primary N) is 1. The van der Waals surface area contributed by atoms with E-state index in [4.69, 9.17) is 5.73 Å². The first-order valence-electron chi connectivity index (χ1n) is 6.25. The van der Waals surface area contributed by atoms with Gasteiger partial charge < -0.3 is 11.1 Å². The van der Waals surface area contributed by atoms with E-state index in [1.807, 2.05) is 24.3 Å². The molecule has 3 rings (SSSR count). The van der Waals surface area contributed by atoms with Crippen molar-refractivity contribution < 1.29 is 0 Å². The van der Waals surface area contributed by atoms with Crippen LogP contribution in [0.5, 0.6) is 0 Å². The lowest BCUT2D eigenvalue weighted by Crippen LogP contribution is -2.14. The Balaban J connectivity index is 1.66. The van der Waals surface area contributed by atoms with Crippen LogP contribution in [0.25, 0.3) is 5.65 Å². The summed E-state index contributed by atoms with van der Waals surface area (Å²) < 4.78 is 1.23.